The van der Waals surface area contributed by atoms with E-state index in [1.165, 1.54) is 18.9 Å². The highest BCUT2D eigenvalue weighted by molar-refractivity contribution is 5.67. The average Bonchev–Trinajstić information content (AvgIpc) is 2.65. The highest BCUT2D eigenvalue weighted by atomic mass is 19.1. The number of nitrogens with one attached hydrogen (secondary N) is 1. The number of nitrogens with zero attached hydrogens (tertiary/aromatic N) is 2. The number of halogens is 1. The molecule has 0 amide bonds. The van der Waals surface area contributed by atoms with Crippen LogP contribution in [-0.2, 0) is 4.74 Å². The topological polar surface area (TPSA) is 53.9 Å². The number of benzene rings is 1. The third kappa shape index (κ3) is 4.36. The Morgan fingerprint density at radius 3 is 2.44 bits per heavy atom. The number of hydrogen-bond donors (Lipinski definition) is 1. The van der Waals surface area contributed by atoms with Crippen molar-refractivity contribution in [3.05, 3.63) is 28.4 Å². The molecule has 0 unspecified atom stereocenters. The normalized spacial score (nSPS) is 25.7. The van der Waals surface area contributed by atoms with Crippen molar-refractivity contribution in [2.24, 2.45) is 5.18 Å². The van der Waals surface area contributed by atoms with Crippen molar-refractivity contribution in [3.8, 4) is 0 Å². The highest BCUT2D eigenvalue weighted by Gasteiger charge is 2.29. The Bertz CT molecular complexity index is 595. The van der Waals surface area contributed by atoms with Gasteiger partial charge in [-0.05, 0) is 62.3 Å². The molecule has 0 atom stereocenters. The summed E-state index contributed by atoms with van der Waals surface area (Å²) in [6.45, 7) is 3.82. The maximum Gasteiger partial charge on any atom is 0.134 e. The molecule has 138 valence electrons. The minimum atomic E-state index is -0.387. The molecular formula is C19H28FN3O2. The largest absolute Gasteiger partial charge is 0.381 e. The Balaban J connectivity index is 1.53. The molecule has 3 rings (SSSR count). The third-order valence-electron chi connectivity index (χ3n) is 5.76. The molecule has 1 aromatic rings. The number of likely N-dealkylation sites (tertiary alicyclic amines) is 1. The van der Waals surface area contributed by atoms with E-state index in [9.17, 15) is 9.30 Å². The van der Waals surface area contributed by atoms with Crippen LogP contribution in [0.5, 0.6) is 0 Å². The minimum Gasteiger partial charge on any atom is -0.381 e. The van der Waals surface area contributed by atoms with Gasteiger partial charge >= 0.3 is 0 Å². The first-order valence-corrected chi connectivity index (χ1v) is 9.27. The number of methoxy groups -OCH3 is 1. The summed E-state index contributed by atoms with van der Waals surface area (Å²) in [7, 11) is 1.81. The second-order valence-corrected chi connectivity index (χ2v) is 7.33. The van der Waals surface area contributed by atoms with Crippen molar-refractivity contribution in [2.45, 2.75) is 63.6 Å². The van der Waals surface area contributed by atoms with E-state index in [0.717, 1.165) is 38.8 Å². The lowest BCUT2D eigenvalue weighted by molar-refractivity contribution is 0.0329. The smallest absolute Gasteiger partial charge is 0.134 e. The molecule has 0 bridgehead atoms. The number of aryl methyl sites for hydroxylation is 1. The molecule has 5 nitrogen and oxygen atoms in total. The van der Waals surface area contributed by atoms with Crippen molar-refractivity contribution in [1.29, 1.82) is 0 Å². The van der Waals surface area contributed by atoms with Crippen LogP contribution >= 0.6 is 0 Å². The second kappa shape index (κ2) is 8.23. The molecule has 2 aliphatic rings. The van der Waals surface area contributed by atoms with Crippen molar-refractivity contribution in [1.82, 2.24) is 4.90 Å². The van der Waals surface area contributed by atoms with Gasteiger partial charge in [-0.3, -0.25) is 0 Å². The zero-order chi connectivity index (χ0) is 17.8. The lowest BCUT2D eigenvalue weighted by Crippen LogP contribution is -2.46. The van der Waals surface area contributed by atoms with Gasteiger partial charge in [0.2, 0.25) is 0 Å². The number of piperidine rings is 1. The number of hydrogen-bond acceptors (Lipinski definition) is 5. The molecule has 0 radical (unpaired) electrons. The molecule has 1 saturated heterocycles. The summed E-state index contributed by atoms with van der Waals surface area (Å²) in [6.07, 6.45) is 7.23. The van der Waals surface area contributed by atoms with E-state index in [1.807, 2.05) is 7.11 Å². The van der Waals surface area contributed by atoms with Gasteiger partial charge in [0.1, 0.15) is 11.5 Å². The number of rotatable bonds is 5. The van der Waals surface area contributed by atoms with Crippen LogP contribution in [0.3, 0.4) is 0 Å². The van der Waals surface area contributed by atoms with Crippen LogP contribution in [0.15, 0.2) is 17.3 Å². The summed E-state index contributed by atoms with van der Waals surface area (Å²) >= 11 is 0. The highest BCUT2D eigenvalue weighted by Crippen LogP contribution is 2.31. The number of anilines is 1. The lowest BCUT2D eigenvalue weighted by Gasteiger charge is -2.41. The first-order valence-electron chi connectivity index (χ1n) is 9.27. The van der Waals surface area contributed by atoms with Crippen molar-refractivity contribution in [3.63, 3.8) is 0 Å². The molecule has 0 aromatic heterocycles. The molecule has 0 spiro atoms. The van der Waals surface area contributed by atoms with Crippen LogP contribution in [0.4, 0.5) is 15.8 Å². The van der Waals surface area contributed by atoms with Crippen LogP contribution in [0.2, 0.25) is 0 Å². The van der Waals surface area contributed by atoms with E-state index < -0.39 is 0 Å². The standard InChI is InChI=1S/C19H28FN3O2/c1-13-11-18(19(22-24)12-17(13)20)21-14-7-9-23(10-8-14)15-3-5-16(25-2)6-4-15/h11-12,14-16,21H,3-10H2,1-2H3/t15-,16+. The Morgan fingerprint density at radius 1 is 1.16 bits per heavy atom. The van der Waals surface area contributed by atoms with E-state index in [0.29, 0.717) is 29.4 Å². The molecule has 1 saturated carbocycles. The van der Waals surface area contributed by atoms with E-state index in [1.54, 1.807) is 13.0 Å². The molecule has 1 N–H and O–H groups in total. The molecule has 1 aliphatic heterocycles. The van der Waals surface area contributed by atoms with Gasteiger partial charge in [-0.15, -0.1) is 4.91 Å². The van der Waals surface area contributed by atoms with Gasteiger partial charge in [-0.1, -0.05) is 0 Å². The summed E-state index contributed by atoms with van der Waals surface area (Å²) in [5.74, 6) is -0.387. The van der Waals surface area contributed by atoms with Crippen LogP contribution in [0.1, 0.15) is 44.1 Å². The maximum absolute atomic E-state index is 13.6. The van der Waals surface area contributed by atoms with Crippen LogP contribution in [0, 0.1) is 17.6 Å². The van der Waals surface area contributed by atoms with E-state index in [2.05, 4.69) is 15.4 Å². The minimum absolute atomic E-state index is 0.156. The van der Waals surface area contributed by atoms with Gasteiger partial charge in [0.05, 0.1) is 11.8 Å². The van der Waals surface area contributed by atoms with Gasteiger partial charge in [0.25, 0.3) is 0 Å². The Morgan fingerprint density at radius 2 is 1.84 bits per heavy atom. The Labute approximate surface area is 148 Å². The van der Waals surface area contributed by atoms with Crippen LogP contribution in [0.25, 0.3) is 0 Å². The first-order chi connectivity index (χ1) is 12.1. The molecule has 1 heterocycles. The predicted octanol–water partition coefficient (Wildman–Crippen LogP) is 4.37. The fraction of sp³-hybridized carbons (Fsp3) is 0.684. The van der Waals surface area contributed by atoms with Gasteiger partial charge in [-0.2, -0.15) is 0 Å². The monoisotopic (exact) mass is 349 g/mol. The van der Waals surface area contributed by atoms with Gasteiger partial charge in [0.15, 0.2) is 0 Å². The van der Waals surface area contributed by atoms with Gasteiger partial charge in [0, 0.05) is 38.3 Å². The fourth-order valence-electron chi connectivity index (χ4n) is 4.14. The van der Waals surface area contributed by atoms with Crippen molar-refractivity contribution < 1.29 is 9.13 Å². The van der Waals surface area contributed by atoms with Gasteiger partial charge < -0.3 is 15.0 Å². The maximum atomic E-state index is 13.6. The van der Waals surface area contributed by atoms with E-state index in [4.69, 9.17) is 4.74 Å². The Kier molecular flexibility index (Phi) is 6.02. The van der Waals surface area contributed by atoms with E-state index >= 15 is 0 Å². The van der Waals surface area contributed by atoms with Crippen LogP contribution in [-0.4, -0.2) is 43.3 Å². The Hall–Kier alpha value is -1.53. The third-order valence-corrected chi connectivity index (χ3v) is 5.76. The number of ether oxygens (including phenoxy) is 1. The molecule has 25 heavy (non-hydrogen) atoms. The average molecular weight is 349 g/mol. The summed E-state index contributed by atoms with van der Waals surface area (Å²) < 4.78 is 19.1. The summed E-state index contributed by atoms with van der Waals surface area (Å²) in [6, 6.07) is 3.88. The van der Waals surface area contributed by atoms with E-state index in [-0.39, 0.29) is 11.5 Å². The first kappa shape index (κ1) is 18.3. The molecule has 6 heteroatoms. The lowest BCUT2D eigenvalue weighted by atomic mass is 9.90. The predicted molar refractivity (Wildman–Crippen MR) is 97.9 cm³/mol. The summed E-state index contributed by atoms with van der Waals surface area (Å²) in [4.78, 5) is 13.6. The molecule has 2 fully saturated rings. The SMILES string of the molecule is CO[C@H]1CC[C@@H](N2CCC(Nc3cc(C)c(F)cc3N=O)CC2)CC1. The quantitative estimate of drug-likeness (QED) is 0.802. The molecular weight excluding hydrogens is 321 g/mol. The summed E-state index contributed by atoms with van der Waals surface area (Å²) in [5.41, 5.74) is 1.33. The number of nitroso groups, excluding NO2 is 1. The van der Waals surface area contributed by atoms with Gasteiger partial charge in [-0.25, -0.2) is 4.39 Å². The van der Waals surface area contributed by atoms with Crippen molar-refractivity contribution >= 4 is 11.4 Å². The fourth-order valence-corrected chi connectivity index (χ4v) is 4.14. The zero-order valence-corrected chi connectivity index (χ0v) is 15.1. The van der Waals surface area contributed by atoms with Crippen LogP contribution < -0.4 is 5.32 Å². The zero-order valence-electron chi connectivity index (χ0n) is 15.1. The molecule has 1 aliphatic carbocycles. The second-order valence-electron chi connectivity index (χ2n) is 7.33. The van der Waals surface area contributed by atoms with Crippen molar-refractivity contribution in [2.75, 3.05) is 25.5 Å². The molecule has 1 aromatic carbocycles. The summed E-state index contributed by atoms with van der Waals surface area (Å²) in [5, 5.41) is 6.37.